The molecule has 0 aliphatic carbocycles. The number of anilines is 1. The fourth-order valence-corrected chi connectivity index (χ4v) is 3.92. The van der Waals surface area contributed by atoms with Crippen molar-refractivity contribution in [1.29, 1.82) is 0 Å². The molecule has 1 saturated heterocycles. The number of nitrogens with zero attached hydrogens (tertiary/aromatic N) is 6. The first-order valence-corrected chi connectivity index (χ1v) is 9.06. The third kappa shape index (κ3) is 3.39. The summed E-state index contributed by atoms with van der Waals surface area (Å²) in [5.74, 6) is 0.957. The molecule has 134 valence electrons. The number of likely N-dealkylation sites (tertiary alicyclic amines) is 1. The second kappa shape index (κ2) is 7.09. The number of fused-ring (bicyclic) bond motifs is 1. The van der Waals surface area contributed by atoms with Gasteiger partial charge in [-0.3, -0.25) is 9.58 Å². The predicted molar refractivity (Wildman–Crippen MR) is 95.3 cm³/mol. The van der Waals surface area contributed by atoms with Gasteiger partial charge in [-0.05, 0) is 25.0 Å². The SMILES string of the molecule is CN(c1cccnn1)C1CCN(Cc2c3c(nn2C)CCOC3)CC1. The summed E-state index contributed by atoms with van der Waals surface area (Å²) in [5.41, 5.74) is 3.85. The molecule has 7 nitrogen and oxygen atoms in total. The first-order chi connectivity index (χ1) is 12.2. The van der Waals surface area contributed by atoms with Crippen molar-refractivity contribution in [3.63, 3.8) is 0 Å². The van der Waals surface area contributed by atoms with Gasteiger partial charge in [-0.1, -0.05) is 0 Å². The minimum atomic E-state index is 0.525. The van der Waals surface area contributed by atoms with Gasteiger partial charge in [0.2, 0.25) is 0 Å². The number of hydrogen-bond acceptors (Lipinski definition) is 6. The van der Waals surface area contributed by atoms with Gasteiger partial charge >= 0.3 is 0 Å². The summed E-state index contributed by atoms with van der Waals surface area (Å²) < 4.78 is 7.70. The molecule has 0 amide bonds. The molecule has 25 heavy (non-hydrogen) atoms. The summed E-state index contributed by atoms with van der Waals surface area (Å²) in [4.78, 5) is 4.80. The molecule has 0 radical (unpaired) electrons. The Balaban J connectivity index is 1.37. The largest absolute Gasteiger partial charge is 0.376 e. The average Bonchev–Trinajstić information content (AvgIpc) is 2.98. The van der Waals surface area contributed by atoms with Gasteiger partial charge in [0.15, 0.2) is 5.82 Å². The fourth-order valence-electron chi connectivity index (χ4n) is 3.92. The summed E-state index contributed by atoms with van der Waals surface area (Å²) in [6.45, 7) is 4.66. The van der Waals surface area contributed by atoms with Gasteiger partial charge < -0.3 is 9.64 Å². The normalized spacial score (nSPS) is 19.0. The highest BCUT2D eigenvalue weighted by Gasteiger charge is 2.26. The topological polar surface area (TPSA) is 59.3 Å². The molecule has 0 unspecified atom stereocenters. The molecule has 0 saturated carbocycles. The van der Waals surface area contributed by atoms with Crippen molar-refractivity contribution < 1.29 is 4.74 Å². The van der Waals surface area contributed by atoms with Gasteiger partial charge in [-0.15, -0.1) is 5.10 Å². The lowest BCUT2D eigenvalue weighted by Gasteiger charge is -2.37. The number of hydrogen-bond donors (Lipinski definition) is 0. The quantitative estimate of drug-likeness (QED) is 0.837. The molecule has 2 aliphatic heterocycles. The first kappa shape index (κ1) is 16.5. The van der Waals surface area contributed by atoms with Crippen molar-refractivity contribution in [2.75, 3.05) is 31.6 Å². The van der Waals surface area contributed by atoms with Crippen LogP contribution in [-0.2, 0) is 31.4 Å². The number of aromatic nitrogens is 4. The summed E-state index contributed by atoms with van der Waals surface area (Å²) in [5, 5.41) is 12.9. The van der Waals surface area contributed by atoms with E-state index in [0.717, 1.165) is 51.3 Å². The van der Waals surface area contributed by atoms with E-state index in [9.17, 15) is 0 Å². The Kier molecular flexibility index (Phi) is 4.67. The van der Waals surface area contributed by atoms with Gasteiger partial charge in [-0.2, -0.15) is 10.2 Å². The Morgan fingerprint density at radius 3 is 2.92 bits per heavy atom. The molecular formula is C18H26N6O. The molecule has 2 aliphatic rings. The van der Waals surface area contributed by atoms with Crippen LogP contribution in [0.3, 0.4) is 0 Å². The Morgan fingerprint density at radius 1 is 1.32 bits per heavy atom. The molecule has 0 aromatic carbocycles. The number of rotatable bonds is 4. The average molecular weight is 342 g/mol. The van der Waals surface area contributed by atoms with Crippen molar-refractivity contribution in [3.8, 4) is 0 Å². The predicted octanol–water partition coefficient (Wildman–Crippen LogP) is 1.38. The van der Waals surface area contributed by atoms with E-state index in [2.05, 4.69) is 43.9 Å². The van der Waals surface area contributed by atoms with Crippen molar-refractivity contribution in [2.45, 2.75) is 38.5 Å². The van der Waals surface area contributed by atoms with Crippen LogP contribution in [0.5, 0.6) is 0 Å². The maximum atomic E-state index is 5.65. The second-order valence-electron chi connectivity index (χ2n) is 7.00. The Labute approximate surface area is 148 Å². The lowest BCUT2D eigenvalue weighted by Crippen LogP contribution is -2.43. The van der Waals surface area contributed by atoms with Crippen LogP contribution in [0.25, 0.3) is 0 Å². The van der Waals surface area contributed by atoms with Gasteiger partial charge in [-0.25, -0.2) is 0 Å². The number of ether oxygens (including phenoxy) is 1. The van der Waals surface area contributed by atoms with Crippen molar-refractivity contribution in [2.24, 2.45) is 7.05 Å². The molecule has 2 aromatic heterocycles. The standard InChI is InChI=1S/C18H26N6O/c1-22(18-4-3-8-19-20-18)14-5-9-24(10-6-14)12-17-15-13-25-11-7-16(15)21-23(17)2/h3-4,8,14H,5-7,9-13H2,1-2H3. The van der Waals surface area contributed by atoms with E-state index in [0.29, 0.717) is 12.6 Å². The van der Waals surface area contributed by atoms with Crippen LogP contribution in [0.2, 0.25) is 0 Å². The Morgan fingerprint density at radius 2 is 2.16 bits per heavy atom. The van der Waals surface area contributed by atoms with Crippen molar-refractivity contribution in [3.05, 3.63) is 35.3 Å². The van der Waals surface area contributed by atoms with Gasteiger partial charge in [0.25, 0.3) is 0 Å². The van der Waals surface area contributed by atoms with Crippen LogP contribution >= 0.6 is 0 Å². The van der Waals surface area contributed by atoms with Crippen LogP contribution < -0.4 is 4.90 Å². The smallest absolute Gasteiger partial charge is 0.151 e. The molecule has 0 atom stereocenters. The maximum absolute atomic E-state index is 5.65. The van der Waals surface area contributed by atoms with E-state index in [1.807, 2.05) is 12.1 Å². The third-order valence-electron chi connectivity index (χ3n) is 5.49. The Hall–Kier alpha value is -1.99. The van der Waals surface area contributed by atoms with Crippen LogP contribution in [0.4, 0.5) is 5.82 Å². The highest BCUT2D eigenvalue weighted by atomic mass is 16.5. The number of aryl methyl sites for hydroxylation is 1. The zero-order valence-corrected chi connectivity index (χ0v) is 15.1. The second-order valence-corrected chi connectivity index (χ2v) is 7.00. The van der Waals surface area contributed by atoms with E-state index in [4.69, 9.17) is 4.74 Å². The minimum Gasteiger partial charge on any atom is -0.376 e. The zero-order chi connectivity index (χ0) is 17.2. The molecule has 4 rings (SSSR count). The lowest BCUT2D eigenvalue weighted by molar-refractivity contribution is 0.108. The van der Waals surface area contributed by atoms with Crippen LogP contribution in [-0.4, -0.2) is 57.7 Å². The molecule has 2 aromatic rings. The molecule has 4 heterocycles. The third-order valence-corrected chi connectivity index (χ3v) is 5.49. The van der Waals surface area contributed by atoms with E-state index < -0.39 is 0 Å². The Bertz CT molecular complexity index is 708. The van der Waals surface area contributed by atoms with E-state index >= 15 is 0 Å². The van der Waals surface area contributed by atoms with Gasteiger partial charge in [0.05, 0.1) is 24.6 Å². The lowest BCUT2D eigenvalue weighted by atomic mass is 10.0. The molecular weight excluding hydrogens is 316 g/mol. The summed E-state index contributed by atoms with van der Waals surface area (Å²) >= 11 is 0. The summed E-state index contributed by atoms with van der Waals surface area (Å²) in [7, 11) is 4.18. The minimum absolute atomic E-state index is 0.525. The van der Waals surface area contributed by atoms with E-state index in [1.54, 1.807) is 6.20 Å². The van der Waals surface area contributed by atoms with Crippen molar-refractivity contribution in [1.82, 2.24) is 24.9 Å². The maximum Gasteiger partial charge on any atom is 0.151 e. The highest BCUT2D eigenvalue weighted by Crippen LogP contribution is 2.24. The fraction of sp³-hybridized carbons (Fsp3) is 0.611. The van der Waals surface area contributed by atoms with Crippen LogP contribution in [0, 0.1) is 0 Å². The number of piperidine rings is 1. The monoisotopic (exact) mass is 342 g/mol. The molecule has 0 spiro atoms. The van der Waals surface area contributed by atoms with Gasteiger partial charge in [0.1, 0.15) is 0 Å². The van der Waals surface area contributed by atoms with E-state index in [-0.39, 0.29) is 0 Å². The molecule has 0 bridgehead atoms. The van der Waals surface area contributed by atoms with Gasteiger partial charge in [0, 0.05) is 58.0 Å². The highest BCUT2D eigenvalue weighted by molar-refractivity contribution is 5.36. The first-order valence-electron chi connectivity index (χ1n) is 9.06. The molecule has 7 heteroatoms. The summed E-state index contributed by atoms with van der Waals surface area (Å²) in [6.07, 6.45) is 4.94. The van der Waals surface area contributed by atoms with Crippen molar-refractivity contribution >= 4 is 5.82 Å². The van der Waals surface area contributed by atoms with Crippen LogP contribution in [0.15, 0.2) is 18.3 Å². The van der Waals surface area contributed by atoms with E-state index in [1.165, 1.54) is 17.0 Å². The molecule has 0 N–H and O–H groups in total. The zero-order valence-electron chi connectivity index (χ0n) is 15.1. The summed E-state index contributed by atoms with van der Waals surface area (Å²) in [6, 6.07) is 4.50. The molecule has 1 fully saturated rings. The van der Waals surface area contributed by atoms with Crippen LogP contribution in [0.1, 0.15) is 29.8 Å².